The van der Waals surface area contributed by atoms with Crippen LogP contribution in [0.3, 0.4) is 0 Å². The molecule has 2 aromatic rings. The summed E-state index contributed by atoms with van der Waals surface area (Å²) in [5.41, 5.74) is 1.24. The van der Waals surface area contributed by atoms with Crippen LogP contribution in [-0.4, -0.2) is 6.04 Å². The Labute approximate surface area is 91.1 Å². The summed E-state index contributed by atoms with van der Waals surface area (Å²) in [5.74, 6) is 0. The second-order valence-corrected chi connectivity index (χ2v) is 3.98. The molecule has 1 N–H and O–H groups in total. The Balaban J connectivity index is 2.42. The van der Waals surface area contributed by atoms with Gasteiger partial charge in [-0.25, -0.2) is 0 Å². The Morgan fingerprint density at radius 1 is 1.07 bits per heavy atom. The molecule has 0 bridgehead atoms. The predicted octanol–water partition coefficient (Wildman–Crippen LogP) is 4.05. The minimum absolute atomic E-state index is 0.524. The van der Waals surface area contributed by atoms with Gasteiger partial charge >= 0.3 is 0 Å². The molecule has 0 heterocycles. The Bertz CT molecular complexity index is 443. The van der Waals surface area contributed by atoms with E-state index in [-0.39, 0.29) is 0 Å². The van der Waals surface area contributed by atoms with E-state index in [1.807, 2.05) is 0 Å². The van der Waals surface area contributed by atoms with E-state index in [0.717, 1.165) is 6.42 Å². The number of rotatable bonds is 3. The van der Waals surface area contributed by atoms with Crippen LogP contribution in [0.15, 0.2) is 42.5 Å². The molecular formula is C14H17N. The van der Waals surface area contributed by atoms with Crippen molar-refractivity contribution in [1.29, 1.82) is 0 Å². The summed E-state index contributed by atoms with van der Waals surface area (Å²) in [6.45, 7) is 4.41. The molecule has 2 rings (SSSR count). The van der Waals surface area contributed by atoms with Gasteiger partial charge in [0, 0.05) is 17.1 Å². The Hall–Kier alpha value is -1.50. The molecule has 1 nitrogen and oxygen atoms in total. The highest BCUT2D eigenvalue weighted by Crippen LogP contribution is 2.23. The summed E-state index contributed by atoms with van der Waals surface area (Å²) >= 11 is 0. The molecule has 0 aromatic heterocycles. The van der Waals surface area contributed by atoms with E-state index in [0.29, 0.717) is 6.04 Å². The van der Waals surface area contributed by atoms with E-state index in [1.54, 1.807) is 0 Å². The lowest BCUT2D eigenvalue weighted by Crippen LogP contribution is -2.13. The minimum Gasteiger partial charge on any atom is -0.382 e. The summed E-state index contributed by atoms with van der Waals surface area (Å²) < 4.78 is 0. The highest BCUT2D eigenvalue weighted by molar-refractivity contribution is 5.93. The van der Waals surface area contributed by atoms with E-state index in [2.05, 4.69) is 61.6 Å². The fourth-order valence-electron chi connectivity index (χ4n) is 1.72. The molecule has 0 radical (unpaired) electrons. The number of hydrogen-bond donors (Lipinski definition) is 1. The normalized spacial score (nSPS) is 12.7. The summed E-state index contributed by atoms with van der Waals surface area (Å²) in [7, 11) is 0. The van der Waals surface area contributed by atoms with Crippen molar-refractivity contribution in [1.82, 2.24) is 0 Å². The molecule has 15 heavy (non-hydrogen) atoms. The average Bonchev–Trinajstić information content (AvgIpc) is 2.29. The zero-order valence-electron chi connectivity index (χ0n) is 9.33. The van der Waals surface area contributed by atoms with Gasteiger partial charge in [-0.05, 0) is 24.8 Å². The number of fused-ring (bicyclic) bond motifs is 1. The Morgan fingerprint density at radius 2 is 1.80 bits per heavy atom. The molecule has 1 atom stereocenters. The van der Waals surface area contributed by atoms with Crippen LogP contribution in [0.4, 0.5) is 5.69 Å². The van der Waals surface area contributed by atoms with Gasteiger partial charge < -0.3 is 5.32 Å². The maximum absolute atomic E-state index is 3.53. The fraction of sp³-hybridized carbons (Fsp3) is 0.286. The topological polar surface area (TPSA) is 12.0 Å². The van der Waals surface area contributed by atoms with Crippen LogP contribution in [0.25, 0.3) is 10.8 Å². The van der Waals surface area contributed by atoms with Gasteiger partial charge in [0.2, 0.25) is 0 Å². The third-order valence-electron chi connectivity index (χ3n) is 2.80. The Morgan fingerprint density at radius 3 is 2.60 bits per heavy atom. The van der Waals surface area contributed by atoms with Gasteiger partial charge in [0.25, 0.3) is 0 Å². The molecule has 0 fully saturated rings. The van der Waals surface area contributed by atoms with E-state index >= 15 is 0 Å². The zero-order valence-corrected chi connectivity index (χ0v) is 9.33. The number of nitrogens with one attached hydrogen (secondary N) is 1. The first-order valence-corrected chi connectivity index (χ1v) is 5.55. The van der Waals surface area contributed by atoms with Crippen LogP contribution in [0.2, 0.25) is 0 Å². The molecular weight excluding hydrogens is 182 g/mol. The predicted molar refractivity (Wildman–Crippen MR) is 67.3 cm³/mol. The molecule has 0 aliphatic rings. The van der Waals surface area contributed by atoms with Gasteiger partial charge in [-0.3, -0.25) is 0 Å². The summed E-state index contributed by atoms with van der Waals surface area (Å²) in [4.78, 5) is 0. The second kappa shape index (κ2) is 4.35. The van der Waals surface area contributed by atoms with Crippen LogP contribution in [0.1, 0.15) is 20.3 Å². The molecule has 1 unspecified atom stereocenters. The largest absolute Gasteiger partial charge is 0.382 e. The van der Waals surface area contributed by atoms with E-state index < -0.39 is 0 Å². The number of benzene rings is 2. The first-order chi connectivity index (χ1) is 7.31. The van der Waals surface area contributed by atoms with Crippen LogP contribution < -0.4 is 5.32 Å². The highest BCUT2D eigenvalue weighted by Gasteiger charge is 2.02. The standard InChI is InChI=1S/C14H17N/c1-3-11(2)15-14-10-6-8-12-7-4-5-9-13(12)14/h4-11,15H,3H2,1-2H3. The lowest BCUT2D eigenvalue weighted by atomic mass is 10.1. The molecule has 0 saturated heterocycles. The molecule has 0 amide bonds. The van der Waals surface area contributed by atoms with E-state index in [9.17, 15) is 0 Å². The van der Waals surface area contributed by atoms with Gasteiger partial charge in [-0.1, -0.05) is 43.3 Å². The van der Waals surface area contributed by atoms with Crippen molar-refractivity contribution in [3.8, 4) is 0 Å². The molecule has 0 spiro atoms. The number of hydrogen-bond acceptors (Lipinski definition) is 1. The van der Waals surface area contributed by atoms with Crippen LogP contribution >= 0.6 is 0 Å². The molecule has 0 saturated carbocycles. The maximum Gasteiger partial charge on any atom is 0.0421 e. The van der Waals surface area contributed by atoms with E-state index in [1.165, 1.54) is 16.5 Å². The molecule has 78 valence electrons. The lowest BCUT2D eigenvalue weighted by molar-refractivity contribution is 0.765. The Kier molecular flexibility index (Phi) is 2.91. The van der Waals surface area contributed by atoms with Crippen molar-refractivity contribution in [2.75, 3.05) is 5.32 Å². The lowest BCUT2D eigenvalue weighted by Gasteiger charge is -2.14. The van der Waals surface area contributed by atoms with Crippen molar-refractivity contribution < 1.29 is 0 Å². The van der Waals surface area contributed by atoms with Crippen molar-refractivity contribution in [2.45, 2.75) is 26.3 Å². The highest BCUT2D eigenvalue weighted by atomic mass is 14.9. The molecule has 0 aliphatic carbocycles. The second-order valence-electron chi connectivity index (χ2n) is 3.98. The SMILES string of the molecule is CCC(C)Nc1cccc2ccccc12. The van der Waals surface area contributed by atoms with Gasteiger partial charge in [-0.15, -0.1) is 0 Å². The van der Waals surface area contributed by atoms with Crippen molar-refractivity contribution in [3.63, 3.8) is 0 Å². The van der Waals surface area contributed by atoms with Crippen molar-refractivity contribution in [3.05, 3.63) is 42.5 Å². The smallest absolute Gasteiger partial charge is 0.0421 e. The zero-order chi connectivity index (χ0) is 10.7. The van der Waals surface area contributed by atoms with Crippen molar-refractivity contribution >= 4 is 16.5 Å². The first kappa shape index (κ1) is 10.0. The molecule has 2 aromatic carbocycles. The quantitative estimate of drug-likeness (QED) is 0.786. The summed E-state index contributed by atoms with van der Waals surface area (Å²) in [6.07, 6.45) is 1.14. The van der Waals surface area contributed by atoms with Gasteiger partial charge in [0.1, 0.15) is 0 Å². The molecule has 1 heteroatoms. The third kappa shape index (κ3) is 2.12. The van der Waals surface area contributed by atoms with Crippen LogP contribution in [0.5, 0.6) is 0 Å². The minimum atomic E-state index is 0.524. The van der Waals surface area contributed by atoms with Gasteiger partial charge in [-0.2, -0.15) is 0 Å². The van der Waals surface area contributed by atoms with Crippen molar-refractivity contribution in [2.24, 2.45) is 0 Å². The van der Waals surface area contributed by atoms with Crippen LogP contribution in [0, 0.1) is 0 Å². The first-order valence-electron chi connectivity index (χ1n) is 5.55. The summed E-state index contributed by atoms with van der Waals surface area (Å²) in [6, 6.07) is 15.4. The van der Waals surface area contributed by atoms with E-state index in [4.69, 9.17) is 0 Å². The molecule has 0 aliphatic heterocycles. The number of anilines is 1. The summed E-state index contributed by atoms with van der Waals surface area (Å²) in [5, 5.41) is 6.14. The average molecular weight is 199 g/mol. The van der Waals surface area contributed by atoms with Gasteiger partial charge in [0.15, 0.2) is 0 Å². The van der Waals surface area contributed by atoms with Crippen LogP contribution in [-0.2, 0) is 0 Å². The maximum atomic E-state index is 3.53. The van der Waals surface area contributed by atoms with Gasteiger partial charge in [0.05, 0.1) is 0 Å². The third-order valence-corrected chi connectivity index (χ3v) is 2.80. The monoisotopic (exact) mass is 199 g/mol. The fourth-order valence-corrected chi connectivity index (χ4v) is 1.72.